The van der Waals surface area contributed by atoms with E-state index in [4.69, 9.17) is 4.55 Å². The Bertz CT molecular complexity index is 209. The lowest BCUT2D eigenvalue weighted by Crippen LogP contribution is -2.09. The van der Waals surface area contributed by atoms with Crippen molar-refractivity contribution < 1.29 is 13.0 Å². The molecule has 0 bridgehead atoms. The summed E-state index contributed by atoms with van der Waals surface area (Å²) in [6.45, 7) is 6.22. The molecule has 80 valence electrons. The van der Waals surface area contributed by atoms with Crippen LogP contribution < -0.4 is 0 Å². The van der Waals surface area contributed by atoms with Gasteiger partial charge in [0, 0.05) is 6.54 Å². The van der Waals surface area contributed by atoms with Crippen molar-refractivity contribution in [3.63, 3.8) is 0 Å². The molecule has 4 nitrogen and oxygen atoms in total. The molecule has 0 aliphatic carbocycles. The lowest BCUT2D eigenvalue weighted by molar-refractivity contribution is 0.457. The van der Waals surface area contributed by atoms with Crippen LogP contribution in [0.15, 0.2) is 12.7 Å². The van der Waals surface area contributed by atoms with Gasteiger partial charge in [-0.3, -0.25) is 4.55 Å². The number of hydrogen-bond acceptors (Lipinski definition) is 3. The molecule has 0 atom stereocenters. The van der Waals surface area contributed by atoms with Crippen molar-refractivity contribution in [1.29, 1.82) is 0 Å². The van der Waals surface area contributed by atoms with Crippen LogP contribution in [0.1, 0.15) is 13.3 Å². The van der Waals surface area contributed by atoms with Gasteiger partial charge in [0.2, 0.25) is 0 Å². The minimum atomic E-state index is -3.67. The van der Waals surface area contributed by atoms with E-state index < -0.39 is 10.1 Å². The predicted molar refractivity (Wildman–Crippen MR) is 55.5 cm³/mol. The molecule has 0 radical (unpaired) electrons. The molecule has 0 unspecified atom stereocenters. The highest BCUT2D eigenvalue weighted by atomic mass is 32.2. The molecule has 0 saturated heterocycles. The summed E-state index contributed by atoms with van der Waals surface area (Å²) in [5.74, 6) is -0.132. The Morgan fingerprint density at radius 3 is 1.92 bits per heavy atom. The van der Waals surface area contributed by atoms with Crippen molar-refractivity contribution in [3.8, 4) is 0 Å². The number of nitrogens with zero attached hydrogens (tertiary/aromatic N) is 1. The van der Waals surface area contributed by atoms with Gasteiger partial charge in [0.25, 0.3) is 10.1 Å². The minimum absolute atomic E-state index is 0.132. The third kappa shape index (κ3) is 24.5. The first-order valence-corrected chi connectivity index (χ1v) is 5.65. The van der Waals surface area contributed by atoms with E-state index in [1.807, 2.05) is 20.2 Å². The lowest BCUT2D eigenvalue weighted by atomic mass is 10.6. The summed E-state index contributed by atoms with van der Waals surface area (Å²) in [7, 11) is 0.357. The van der Waals surface area contributed by atoms with Crippen LogP contribution in [-0.2, 0) is 10.1 Å². The first kappa shape index (κ1) is 15.1. The Kier molecular flexibility index (Phi) is 9.55. The topological polar surface area (TPSA) is 57.6 Å². The third-order valence-corrected chi connectivity index (χ3v) is 1.88. The number of hydrogen-bond donors (Lipinski definition) is 1. The van der Waals surface area contributed by atoms with Crippen molar-refractivity contribution in [1.82, 2.24) is 4.90 Å². The highest BCUT2D eigenvalue weighted by Gasteiger charge is 1.98. The van der Waals surface area contributed by atoms with Crippen LogP contribution >= 0.6 is 0 Å². The van der Waals surface area contributed by atoms with Gasteiger partial charge in [-0.25, -0.2) is 0 Å². The normalized spacial score (nSPS) is 10.5. The van der Waals surface area contributed by atoms with E-state index in [0.717, 1.165) is 6.54 Å². The molecule has 1 N–H and O–H groups in total. The summed E-state index contributed by atoms with van der Waals surface area (Å²) in [5, 5.41) is 0. The maximum absolute atomic E-state index is 9.79. The van der Waals surface area contributed by atoms with Crippen LogP contribution in [0.25, 0.3) is 0 Å². The van der Waals surface area contributed by atoms with Crippen molar-refractivity contribution in [2.75, 3.05) is 26.4 Å². The zero-order chi connectivity index (χ0) is 10.9. The van der Waals surface area contributed by atoms with Gasteiger partial charge in [-0.2, -0.15) is 8.42 Å². The van der Waals surface area contributed by atoms with E-state index in [9.17, 15) is 8.42 Å². The van der Waals surface area contributed by atoms with Gasteiger partial charge >= 0.3 is 0 Å². The van der Waals surface area contributed by atoms with Gasteiger partial charge in [0.15, 0.2) is 0 Å². The summed E-state index contributed by atoms with van der Waals surface area (Å²) in [5.41, 5.74) is 0. The van der Waals surface area contributed by atoms with Crippen LogP contribution in [0.4, 0.5) is 0 Å². The van der Waals surface area contributed by atoms with Crippen molar-refractivity contribution in [2.24, 2.45) is 0 Å². The van der Waals surface area contributed by atoms with Crippen molar-refractivity contribution >= 4 is 10.1 Å². The van der Waals surface area contributed by atoms with E-state index >= 15 is 0 Å². The van der Waals surface area contributed by atoms with E-state index in [1.165, 1.54) is 0 Å². The van der Waals surface area contributed by atoms with Crippen molar-refractivity contribution in [3.05, 3.63) is 12.7 Å². The number of likely N-dealkylation sites (N-methyl/N-ethyl adjacent to an activating group) is 1. The average molecular weight is 209 g/mol. The molecule has 0 amide bonds. The first-order valence-electron chi connectivity index (χ1n) is 4.04. The summed E-state index contributed by atoms with van der Waals surface area (Å²) < 4.78 is 27.6. The fourth-order valence-electron chi connectivity index (χ4n) is 0.516. The standard InChI is InChI=1S/C5H11N.C3H8O3S/c1-4-5-6(2)3;1-2-3-7(4,5)6/h4H,1,5H2,2-3H3;2-3H2,1H3,(H,4,5,6). The maximum Gasteiger partial charge on any atom is 0.264 e. The smallest absolute Gasteiger partial charge is 0.264 e. The molecule has 0 aromatic rings. The number of rotatable bonds is 4. The molecule has 0 aliphatic rings. The minimum Gasteiger partial charge on any atom is -0.306 e. The Labute approximate surface area is 81.0 Å². The third-order valence-electron chi connectivity index (χ3n) is 0.956. The molecule has 0 spiro atoms. The second-order valence-corrected chi connectivity index (χ2v) is 4.41. The van der Waals surface area contributed by atoms with Gasteiger partial charge in [0.05, 0.1) is 5.75 Å². The monoisotopic (exact) mass is 209 g/mol. The summed E-state index contributed by atoms with van der Waals surface area (Å²) in [4.78, 5) is 2.06. The molecule has 0 aliphatic heterocycles. The van der Waals surface area contributed by atoms with Crippen LogP contribution in [0.3, 0.4) is 0 Å². The molecule has 0 aromatic carbocycles. The molecular weight excluding hydrogens is 190 g/mol. The molecule has 0 rings (SSSR count). The van der Waals surface area contributed by atoms with Gasteiger partial charge in [-0.15, -0.1) is 6.58 Å². The van der Waals surface area contributed by atoms with E-state index in [2.05, 4.69) is 11.5 Å². The van der Waals surface area contributed by atoms with E-state index in [0.29, 0.717) is 6.42 Å². The fourth-order valence-corrected chi connectivity index (χ4v) is 1.03. The first-order chi connectivity index (χ1) is 5.83. The Balaban J connectivity index is 0. The maximum atomic E-state index is 9.79. The Morgan fingerprint density at radius 2 is 1.92 bits per heavy atom. The van der Waals surface area contributed by atoms with Crippen LogP contribution in [0, 0.1) is 0 Å². The second-order valence-electron chi connectivity index (χ2n) is 2.84. The molecular formula is C8H19NO3S. The van der Waals surface area contributed by atoms with E-state index in [1.54, 1.807) is 6.92 Å². The van der Waals surface area contributed by atoms with Gasteiger partial charge in [0.1, 0.15) is 0 Å². The summed E-state index contributed by atoms with van der Waals surface area (Å²) >= 11 is 0. The summed E-state index contributed by atoms with van der Waals surface area (Å²) in [6.07, 6.45) is 2.35. The predicted octanol–water partition coefficient (Wildman–Crippen LogP) is 1.02. The lowest BCUT2D eigenvalue weighted by Gasteiger charge is -2.01. The molecule has 13 heavy (non-hydrogen) atoms. The second kappa shape index (κ2) is 8.22. The molecule has 5 heteroatoms. The van der Waals surface area contributed by atoms with Crippen LogP contribution in [-0.4, -0.2) is 44.3 Å². The highest BCUT2D eigenvalue weighted by Crippen LogP contribution is 1.83. The SMILES string of the molecule is C=CCN(C)C.CCCS(=O)(=O)O. The van der Waals surface area contributed by atoms with Gasteiger partial charge in [-0.05, 0) is 20.5 Å². The summed E-state index contributed by atoms with van der Waals surface area (Å²) in [6, 6.07) is 0. The molecule has 0 aromatic heterocycles. The zero-order valence-electron chi connectivity index (χ0n) is 8.52. The van der Waals surface area contributed by atoms with Crippen LogP contribution in [0.2, 0.25) is 0 Å². The quantitative estimate of drug-likeness (QED) is 0.555. The Hall–Kier alpha value is -0.390. The Morgan fingerprint density at radius 1 is 1.46 bits per heavy atom. The average Bonchev–Trinajstić information content (AvgIpc) is 1.84. The van der Waals surface area contributed by atoms with Crippen molar-refractivity contribution in [2.45, 2.75) is 13.3 Å². The zero-order valence-corrected chi connectivity index (χ0v) is 9.34. The van der Waals surface area contributed by atoms with Crippen LogP contribution in [0.5, 0.6) is 0 Å². The highest BCUT2D eigenvalue weighted by molar-refractivity contribution is 7.85. The fraction of sp³-hybridized carbons (Fsp3) is 0.750. The molecule has 0 saturated carbocycles. The largest absolute Gasteiger partial charge is 0.306 e. The molecule has 0 heterocycles. The molecule has 0 fully saturated rings. The van der Waals surface area contributed by atoms with Gasteiger partial charge in [-0.1, -0.05) is 13.0 Å². The van der Waals surface area contributed by atoms with Gasteiger partial charge < -0.3 is 4.90 Å². The van der Waals surface area contributed by atoms with E-state index in [-0.39, 0.29) is 5.75 Å².